The second kappa shape index (κ2) is 8.41. The lowest BCUT2D eigenvalue weighted by molar-refractivity contribution is 0.281. The zero-order chi connectivity index (χ0) is 18.5. The van der Waals surface area contributed by atoms with Crippen LogP contribution in [-0.2, 0) is 0 Å². The Morgan fingerprint density at radius 3 is 2.58 bits per heavy atom. The van der Waals surface area contributed by atoms with E-state index in [-0.39, 0.29) is 18.5 Å². The molecule has 7 heteroatoms. The fourth-order valence-electron chi connectivity index (χ4n) is 2.33. The third-order valence-electron chi connectivity index (χ3n) is 3.64. The van der Waals surface area contributed by atoms with Crippen molar-refractivity contribution in [2.24, 2.45) is 0 Å². The summed E-state index contributed by atoms with van der Waals surface area (Å²) in [7, 11) is 0. The highest BCUT2D eigenvalue weighted by Gasteiger charge is 2.11. The van der Waals surface area contributed by atoms with Gasteiger partial charge in [0.2, 0.25) is 5.95 Å². The molecule has 1 atom stereocenters. The first-order valence-electron chi connectivity index (χ1n) is 8.09. The van der Waals surface area contributed by atoms with Gasteiger partial charge in [-0.25, -0.2) is 9.37 Å². The van der Waals surface area contributed by atoms with Gasteiger partial charge in [0.25, 0.3) is 0 Å². The highest BCUT2D eigenvalue weighted by atomic mass is 127. The summed E-state index contributed by atoms with van der Waals surface area (Å²) in [6, 6.07) is 16.2. The van der Waals surface area contributed by atoms with E-state index in [1.54, 1.807) is 12.1 Å². The highest BCUT2D eigenvalue weighted by Crippen LogP contribution is 2.25. The van der Waals surface area contributed by atoms with E-state index < -0.39 is 0 Å². The van der Waals surface area contributed by atoms with Crippen LogP contribution in [0, 0.1) is 9.39 Å². The van der Waals surface area contributed by atoms with Crippen LogP contribution in [-0.4, -0.2) is 27.7 Å². The van der Waals surface area contributed by atoms with Gasteiger partial charge in [-0.15, -0.1) is 0 Å². The predicted molar refractivity (Wildman–Crippen MR) is 110 cm³/mol. The average Bonchev–Trinajstić information content (AvgIpc) is 2.64. The molecule has 0 saturated carbocycles. The molecule has 2 aromatic carbocycles. The molecule has 0 saturated heterocycles. The van der Waals surface area contributed by atoms with Crippen LogP contribution in [0.1, 0.15) is 6.92 Å². The summed E-state index contributed by atoms with van der Waals surface area (Å²) in [5.41, 5.74) is 1.95. The summed E-state index contributed by atoms with van der Waals surface area (Å²) in [6.45, 7) is 1.78. The number of nitrogens with one attached hydrogen (secondary N) is 2. The number of aromatic nitrogens is 2. The minimum atomic E-state index is -0.352. The Kier molecular flexibility index (Phi) is 6.00. The lowest BCUT2D eigenvalue weighted by atomic mass is 10.1. The first-order chi connectivity index (χ1) is 12.5. The summed E-state index contributed by atoms with van der Waals surface area (Å²) < 4.78 is 15.0. The van der Waals surface area contributed by atoms with Crippen LogP contribution in [0.5, 0.6) is 0 Å². The van der Waals surface area contributed by atoms with Crippen molar-refractivity contribution in [3.05, 3.63) is 64.0 Å². The topological polar surface area (TPSA) is 70.1 Å². The van der Waals surface area contributed by atoms with Gasteiger partial charge < -0.3 is 15.7 Å². The van der Waals surface area contributed by atoms with Gasteiger partial charge in [-0.3, -0.25) is 0 Å². The van der Waals surface area contributed by atoms with Crippen LogP contribution >= 0.6 is 22.6 Å². The van der Waals surface area contributed by atoms with Crippen molar-refractivity contribution in [2.75, 3.05) is 17.2 Å². The first kappa shape index (κ1) is 18.5. The third kappa shape index (κ3) is 4.67. The molecule has 0 fully saturated rings. The van der Waals surface area contributed by atoms with E-state index in [0.29, 0.717) is 23.1 Å². The molecule has 0 amide bonds. The molecule has 1 heterocycles. The maximum atomic E-state index is 14.2. The molecule has 1 aromatic heterocycles. The number of hydrogen-bond donors (Lipinski definition) is 3. The van der Waals surface area contributed by atoms with Crippen LogP contribution < -0.4 is 10.6 Å². The molecule has 26 heavy (non-hydrogen) atoms. The summed E-state index contributed by atoms with van der Waals surface area (Å²) in [5, 5.41) is 15.3. The average molecular weight is 464 g/mol. The Morgan fingerprint density at radius 1 is 1.12 bits per heavy atom. The molecule has 134 valence electrons. The molecule has 0 spiro atoms. The van der Waals surface area contributed by atoms with Crippen LogP contribution in [0.15, 0.2) is 54.6 Å². The number of hydrogen-bond acceptors (Lipinski definition) is 5. The highest BCUT2D eigenvalue weighted by molar-refractivity contribution is 14.1. The number of nitrogens with zero attached hydrogens (tertiary/aromatic N) is 2. The standard InChI is InChI=1S/C19H18FIN4O/c1-12(11-26)22-19-24-17(13-5-3-2-4-6-13)10-18(25-19)23-16-8-7-14(21)9-15(16)20/h2-10,12,26H,11H2,1H3,(H2,22,23,24,25)/t12-/m1/s1. The smallest absolute Gasteiger partial charge is 0.225 e. The Morgan fingerprint density at radius 2 is 1.88 bits per heavy atom. The molecule has 0 aliphatic carbocycles. The zero-order valence-corrected chi connectivity index (χ0v) is 16.2. The van der Waals surface area contributed by atoms with Crippen molar-refractivity contribution < 1.29 is 9.50 Å². The van der Waals surface area contributed by atoms with E-state index in [9.17, 15) is 9.50 Å². The van der Waals surface area contributed by atoms with Gasteiger partial charge in [-0.1, -0.05) is 30.3 Å². The van der Waals surface area contributed by atoms with Crippen LogP contribution in [0.3, 0.4) is 0 Å². The molecule has 3 aromatic rings. The van der Waals surface area contributed by atoms with Crippen LogP contribution in [0.2, 0.25) is 0 Å². The second-order valence-electron chi connectivity index (χ2n) is 5.81. The number of aliphatic hydroxyl groups is 1. The quantitative estimate of drug-likeness (QED) is 0.472. The number of benzene rings is 2. The van der Waals surface area contributed by atoms with Gasteiger partial charge in [-0.05, 0) is 47.7 Å². The van der Waals surface area contributed by atoms with Gasteiger partial charge >= 0.3 is 0 Å². The van der Waals surface area contributed by atoms with Crippen molar-refractivity contribution in [3.63, 3.8) is 0 Å². The fraction of sp³-hybridized carbons (Fsp3) is 0.158. The van der Waals surface area contributed by atoms with Gasteiger partial charge in [0, 0.05) is 21.2 Å². The van der Waals surface area contributed by atoms with E-state index in [1.165, 1.54) is 6.07 Å². The normalized spacial score (nSPS) is 11.8. The van der Waals surface area contributed by atoms with Crippen molar-refractivity contribution in [2.45, 2.75) is 13.0 Å². The van der Waals surface area contributed by atoms with E-state index >= 15 is 0 Å². The minimum absolute atomic E-state index is 0.0482. The van der Waals surface area contributed by atoms with Gasteiger partial charge in [0.1, 0.15) is 11.6 Å². The van der Waals surface area contributed by atoms with Crippen molar-refractivity contribution in [1.29, 1.82) is 0 Å². The predicted octanol–water partition coefficient (Wildman–Crippen LogP) is 4.42. The van der Waals surface area contributed by atoms with E-state index in [2.05, 4.69) is 43.2 Å². The van der Waals surface area contributed by atoms with Gasteiger partial charge in [0.15, 0.2) is 0 Å². The van der Waals surface area contributed by atoms with E-state index in [1.807, 2.05) is 43.3 Å². The largest absolute Gasteiger partial charge is 0.394 e. The summed E-state index contributed by atoms with van der Waals surface area (Å²) in [6.07, 6.45) is 0. The monoisotopic (exact) mass is 464 g/mol. The molecule has 5 nitrogen and oxygen atoms in total. The fourth-order valence-corrected chi connectivity index (χ4v) is 2.78. The molecular formula is C19H18FIN4O. The molecule has 0 aliphatic rings. The Labute approximate surface area is 164 Å². The Hall–Kier alpha value is -2.26. The molecule has 0 radical (unpaired) electrons. The number of aliphatic hydroxyl groups excluding tert-OH is 1. The maximum Gasteiger partial charge on any atom is 0.225 e. The van der Waals surface area contributed by atoms with E-state index in [4.69, 9.17) is 0 Å². The molecule has 0 bridgehead atoms. The Balaban J connectivity index is 1.98. The Bertz CT molecular complexity index is 892. The third-order valence-corrected chi connectivity index (χ3v) is 4.31. The molecule has 0 aliphatic heterocycles. The van der Waals surface area contributed by atoms with Gasteiger partial charge in [-0.2, -0.15) is 4.98 Å². The first-order valence-corrected chi connectivity index (χ1v) is 9.17. The molecular weight excluding hydrogens is 446 g/mol. The minimum Gasteiger partial charge on any atom is -0.394 e. The van der Waals surface area contributed by atoms with Crippen molar-refractivity contribution in [1.82, 2.24) is 9.97 Å². The molecule has 0 unspecified atom stereocenters. The van der Waals surface area contributed by atoms with Gasteiger partial charge in [0.05, 0.1) is 18.0 Å². The zero-order valence-electron chi connectivity index (χ0n) is 14.1. The van der Waals surface area contributed by atoms with Crippen molar-refractivity contribution in [3.8, 4) is 11.3 Å². The lowest BCUT2D eigenvalue weighted by Crippen LogP contribution is -2.21. The number of anilines is 3. The lowest BCUT2D eigenvalue weighted by Gasteiger charge is -2.14. The maximum absolute atomic E-state index is 14.2. The van der Waals surface area contributed by atoms with E-state index in [0.717, 1.165) is 9.13 Å². The van der Waals surface area contributed by atoms with Crippen molar-refractivity contribution >= 4 is 40.0 Å². The van der Waals surface area contributed by atoms with Crippen LogP contribution in [0.25, 0.3) is 11.3 Å². The summed E-state index contributed by atoms with van der Waals surface area (Å²) >= 11 is 2.06. The summed E-state index contributed by atoms with van der Waals surface area (Å²) in [5.74, 6) is 0.475. The van der Waals surface area contributed by atoms with Crippen LogP contribution in [0.4, 0.5) is 21.8 Å². The number of halogens is 2. The number of rotatable bonds is 6. The molecule has 3 rings (SSSR count). The second-order valence-corrected chi connectivity index (χ2v) is 7.05. The summed E-state index contributed by atoms with van der Waals surface area (Å²) in [4.78, 5) is 8.89. The molecule has 3 N–H and O–H groups in total. The SMILES string of the molecule is C[C@H](CO)Nc1nc(Nc2ccc(I)cc2F)cc(-c2ccccc2)n1.